The molecule has 4 heteroatoms. The minimum absolute atomic E-state index is 0.0425. The summed E-state index contributed by atoms with van der Waals surface area (Å²) < 4.78 is 27.2. The van der Waals surface area contributed by atoms with Crippen LogP contribution in [0.5, 0.6) is 0 Å². The third-order valence-corrected chi connectivity index (χ3v) is 3.56. The standard InChI is InChI=1S/C17H15ClF2O/c1-17(2,3)11-6-4-10(5-7-11)16(21)12-8-15(20)13(18)9-14(12)19/h4-9H,1-3H3. The quantitative estimate of drug-likeness (QED) is 0.554. The summed E-state index contributed by atoms with van der Waals surface area (Å²) >= 11 is 5.48. The highest BCUT2D eigenvalue weighted by atomic mass is 35.5. The van der Waals surface area contributed by atoms with E-state index in [9.17, 15) is 13.6 Å². The summed E-state index contributed by atoms with van der Waals surface area (Å²) in [5.74, 6) is -2.21. The van der Waals surface area contributed by atoms with Crippen LogP contribution in [0.15, 0.2) is 36.4 Å². The molecule has 0 bridgehead atoms. The molecule has 110 valence electrons. The molecule has 21 heavy (non-hydrogen) atoms. The lowest BCUT2D eigenvalue weighted by atomic mass is 9.86. The average molecular weight is 309 g/mol. The summed E-state index contributed by atoms with van der Waals surface area (Å²) in [7, 11) is 0. The van der Waals surface area contributed by atoms with Crippen LogP contribution in [0.4, 0.5) is 8.78 Å². The van der Waals surface area contributed by atoms with E-state index in [1.807, 2.05) is 12.1 Å². The van der Waals surface area contributed by atoms with Gasteiger partial charge in [0, 0.05) is 5.56 Å². The van der Waals surface area contributed by atoms with E-state index in [4.69, 9.17) is 11.6 Å². The third-order valence-electron chi connectivity index (χ3n) is 3.27. The first-order chi connectivity index (χ1) is 9.70. The molecular formula is C17H15ClF2O. The first-order valence-corrected chi connectivity index (χ1v) is 6.88. The summed E-state index contributed by atoms with van der Waals surface area (Å²) in [6.07, 6.45) is 0. The molecule has 0 aliphatic rings. The van der Waals surface area contributed by atoms with Gasteiger partial charge in [-0.25, -0.2) is 8.78 Å². The van der Waals surface area contributed by atoms with Crippen molar-refractivity contribution in [1.29, 1.82) is 0 Å². The van der Waals surface area contributed by atoms with Crippen LogP contribution < -0.4 is 0 Å². The Balaban J connectivity index is 2.39. The highest BCUT2D eigenvalue weighted by Gasteiger charge is 2.18. The van der Waals surface area contributed by atoms with Gasteiger partial charge >= 0.3 is 0 Å². The summed E-state index contributed by atoms with van der Waals surface area (Å²) in [5.41, 5.74) is 1.00. The number of rotatable bonds is 2. The number of halogens is 3. The van der Waals surface area contributed by atoms with Crippen molar-refractivity contribution < 1.29 is 13.6 Å². The van der Waals surface area contributed by atoms with Crippen LogP contribution in [0.3, 0.4) is 0 Å². The molecule has 0 radical (unpaired) electrons. The molecule has 0 amide bonds. The van der Waals surface area contributed by atoms with Gasteiger partial charge in [0.25, 0.3) is 0 Å². The zero-order valence-corrected chi connectivity index (χ0v) is 12.8. The SMILES string of the molecule is CC(C)(C)c1ccc(C(=O)c2cc(F)c(Cl)cc2F)cc1. The van der Waals surface area contributed by atoms with E-state index in [-0.39, 0.29) is 16.0 Å². The molecular weight excluding hydrogens is 294 g/mol. The van der Waals surface area contributed by atoms with Crippen molar-refractivity contribution in [3.63, 3.8) is 0 Å². The van der Waals surface area contributed by atoms with E-state index in [2.05, 4.69) is 20.8 Å². The van der Waals surface area contributed by atoms with Gasteiger partial charge in [-0.1, -0.05) is 56.6 Å². The van der Waals surface area contributed by atoms with Gasteiger partial charge in [0.2, 0.25) is 0 Å². The van der Waals surface area contributed by atoms with Gasteiger partial charge in [-0.05, 0) is 23.1 Å². The molecule has 2 aromatic rings. The zero-order chi connectivity index (χ0) is 15.8. The number of ketones is 1. The fourth-order valence-corrected chi connectivity index (χ4v) is 2.12. The summed E-state index contributed by atoms with van der Waals surface area (Å²) in [4.78, 5) is 12.2. The van der Waals surface area contributed by atoms with E-state index in [1.165, 1.54) is 0 Å². The van der Waals surface area contributed by atoms with E-state index in [1.54, 1.807) is 12.1 Å². The summed E-state index contributed by atoms with van der Waals surface area (Å²) in [6, 6.07) is 8.52. The van der Waals surface area contributed by atoms with E-state index in [0.29, 0.717) is 5.56 Å². The second kappa shape index (κ2) is 5.57. The number of benzene rings is 2. The molecule has 0 spiro atoms. The lowest BCUT2D eigenvalue weighted by molar-refractivity contribution is 0.103. The number of carbonyl (C=O) groups excluding carboxylic acids is 1. The normalized spacial score (nSPS) is 11.5. The monoisotopic (exact) mass is 308 g/mol. The van der Waals surface area contributed by atoms with Gasteiger partial charge in [0.05, 0.1) is 10.6 Å². The van der Waals surface area contributed by atoms with Crippen LogP contribution in [0.2, 0.25) is 5.02 Å². The highest BCUT2D eigenvalue weighted by molar-refractivity contribution is 6.30. The van der Waals surface area contributed by atoms with Crippen LogP contribution in [0, 0.1) is 11.6 Å². The van der Waals surface area contributed by atoms with Crippen molar-refractivity contribution in [2.75, 3.05) is 0 Å². The molecule has 0 atom stereocenters. The molecule has 0 aliphatic carbocycles. The predicted octanol–water partition coefficient (Wildman–Crippen LogP) is 5.15. The smallest absolute Gasteiger partial charge is 0.196 e. The Morgan fingerprint density at radius 3 is 2.10 bits per heavy atom. The van der Waals surface area contributed by atoms with Crippen molar-refractivity contribution in [1.82, 2.24) is 0 Å². The minimum Gasteiger partial charge on any atom is -0.288 e. The van der Waals surface area contributed by atoms with Crippen LogP contribution >= 0.6 is 11.6 Å². The molecule has 0 aromatic heterocycles. The molecule has 0 unspecified atom stereocenters. The van der Waals surface area contributed by atoms with E-state index < -0.39 is 17.4 Å². The van der Waals surface area contributed by atoms with Crippen LogP contribution in [-0.2, 0) is 5.41 Å². The van der Waals surface area contributed by atoms with Gasteiger partial charge in [-0.2, -0.15) is 0 Å². The Morgan fingerprint density at radius 2 is 1.57 bits per heavy atom. The van der Waals surface area contributed by atoms with Gasteiger partial charge < -0.3 is 0 Å². The maximum Gasteiger partial charge on any atom is 0.196 e. The Hall–Kier alpha value is -1.74. The Kier molecular flexibility index (Phi) is 4.15. The fourth-order valence-electron chi connectivity index (χ4n) is 1.97. The maximum atomic E-state index is 13.8. The molecule has 0 saturated carbocycles. The number of carbonyl (C=O) groups is 1. The molecule has 1 nitrogen and oxygen atoms in total. The number of hydrogen-bond acceptors (Lipinski definition) is 1. The Labute approximate surface area is 127 Å². The summed E-state index contributed by atoms with van der Waals surface area (Å²) in [6.45, 7) is 6.16. The minimum atomic E-state index is -0.828. The van der Waals surface area contributed by atoms with Gasteiger partial charge in [0.15, 0.2) is 5.78 Å². The summed E-state index contributed by atoms with van der Waals surface area (Å²) in [5, 5.41) is -0.341. The van der Waals surface area contributed by atoms with Gasteiger partial charge in [0.1, 0.15) is 11.6 Å². The van der Waals surface area contributed by atoms with Crippen molar-refractivity contribution >= 4 is 17.4 Å². The second-order valence-corrected chi connectivity index (χ2v) is 6.31. The molecule has 2 aromatic carbocycles. The van der Waals surface area contributed by atoms with Crippen LogP contribution in [-0.4, -0.2) is 5.78 Å². The topological polar surface area (TPSA) is 17.1 Å². The lowest BCUT2D eigenvalue weighted by Crippen LogP contribution is -2.12. The largest absolute Gasteiger partial charge is 0.288 e. The predicted molar refractivity (Wildman–Crippen MR) is 79.9 cm³/mol. The van der Waals surface area contributed by atoms with E-state index in [0.717, 1.165) is 17.7 Å². The first kappa shape index (κ1) is 15.6. The number of hydrogen-bond donors (Lipinski definition) is 0. The maximum absolute atomic E-state index is 13.8. The van der Waals surface area contributed by atoms with Crippen molar-refractivity contribution in [2.45, 2.75) is 26.2 Å². The van der Waals surface area contributed by atoms with Crippen molar-refractivity contribution in [3.05, 3.63) is 69.7 Å². The Bertz CT molecular complexity index is 685. The highest BCUT2D eigenvalue weighted by Crippen LogP contribution is 2.25. The van der Waals surface area contributed by atoms with Crippen molar-refractivity contribution in [2.24, 2.45) is 0 Å². The first-order valence-electron chi connectivity index (χ1n) is 6.50. The lowest BCUT2D eigenvalue weighted by Gasteiger charge is -2.19. The van der Waals surface area contributed by atoms with Crippen LogP contribution in [0.1, 0.15) is 42.3 Å². The fraction of sp³-hybridized carbons (Fsp3) is 0.235. The Morgan fingerprint density at radius 1 is 1.00 bits per heavy atom. The van der Waals surface area contributed by atoms with Crippen molar-refractivity contribution in [3.8, 4) is 0 Å². The molecule has 0 aliphatic heterocycles. The average Bonchev–Trinajstić information content (AvgIpc) is 2.41. The zero-order valence-electron chi connectivity index (χ0n) is 12.0. The van der Waals surface area contributed by atoms with Gasteiger partial charge in [-0.3, -0.25) is 4.79 Å². The third kappa shape index (κ3) is 3.30. The molecule has 0 heterocycles. The molecule has 0 fully saturated rings. The van der Waals surface area contributed by atoms with Crippen LogP contribution in [0.25, 0.3) is 0 Å². The van der Waals surface area contributed by atoms with E-state index >= 15 is 0 Å². The molecule has 0 N–H and O–H groups in total. The van der Waals surface area contributed by atoms with Gasteiger partial charge in [-0.15, -0.1) is 0 Å². The molecule has 0 saturated heterocycles. The molecule has 2 rings (SSSR count). The second-order valence-electron chi connectivity index (χ2n) is 5.90.